The highest BCUT2D eigenvalue weighted by atomic mass is 32.2. The van der Waals surface area contributed by atoms with E-state index in [2.05, 4.69) is 20.5 Å². The number of sulfonamides is 1. The lowest BCUT2D eigenvalue weighted by Gasteiger charge is -2.16. The van der Waals surface area contributed by atoms with Gasteiger partial charge in [0.15, 0.2) is 17.5 Å². The maximum Gasteiger partial charge on any atom is 0.240 e. The summed E-state index contributed by atoms with van der Waals surface area (Å²) in [6.07, 6.45) is 0. The molecule has 0 bridgehead atoms. The molecule has 2 aromatic heterocycles. The van der Waals surface area contributed by atoms with Crippen LogP contribution in [0.25, 0.3) is 22.3 Å². The number of para-hydroxylation sites is 1. The number of aryl methyl sites for hydroxylation is 1. The fraction of sp³-hybridized carbons (Fsp3) is 0.190. The van der Waals surface area contributed by atoms with Gasteiger partial charge in [-0.05, 0) is 18.6 Å². The fourth-order valence-corrected chi connectivity index (χ4v) is 4.19. The van der Waals surface area contributed by atoms with E-state index in [1.807, 2.05) is 62.3 Å². The van der Waals surface area contributed by atoms with E-state index >= 15 is 0 Å². The van der Waals surface area contributed by atoms with E-state index in [1.165, 1.54) is 6.07 Å². The minimum absolute atomic E-state index is 0.0275. The quantitative estimate of drug-likeness (QED) is 0.423. The second kappa shape index (κ2) is 7.97. The Morgan fingerprint density at radius 2 is 1.81 bits per heavy atom. The molecule has 0 radical (unpaired) electrons. The third kappa shape index (κ3) is 4.07. The van der Waals surface area contributed by atoms with Crippen molar-refractivity contribution in [3.63, 3.8) is 0 Å². The maximum atomic E-state index is 12.0. The van der Waals surface area contributed by atoms with Crippen LogP contribution in [0.5, 0.6) is 0 Å². The minimum atomic E-state index is -3.89. The van der Waals surface area contributed by atoms with Gasteiger partial charge in [-0.1, -0.05) is 42.5 Å². The van der Waals surface area contributed by atoms with Crippen molar-refractivity contribution in [2.45, 2.75) is 18.4 Å². The Morgan fingerprint density at radius 1 is 1.06 bits per heavy atom. The molecule has 10 heteroatoms. The Morgan fingerprint density at radius 3 is 2.48 bits per heavy atom. The van der Waals surface area contributed by atoms with Gasteiger partial charge in [0, 0.05) is 37.3 Å². The van der Waals surface area contributed by atoms with Crippen LogP contribution in [0.3, 0.4) is 0 Å². The highest BCUT2D eigenvalue weighted by Gasteiger charge is 2.21. The molecule has 0 amide bonds. The summed E-state index contributed by atoms with van der Waals surface area (Å²) >= 11 is 0. The van der Waals surface area contributed by atoms with E-state index in [-0.39, 0.29) is 4.90 Å². The maximum absolute atomic E-state index is 12.0. The Balaban J connectivity index is 1.82. The monoisotopic (exact) mass is 437 g/mol. The number of nitrogens with zero attached hydrogens (tertiary/aromatic N) is 4. The predicted molar refractivity (Wildman–Crippen MR) is 121 cm³/mol. The first-order chi connectivity index (χ1) is 14.8. The molecule has 0 saturated heterocycles. The van der Waals surface area contributed by atoms with Gasteiger partial charge in [0.2, 0.25) is 10.0 Å². The summed E-state index contributed by atoms with van der Waals surface area (Å²) in [4.78, 5) is 9.70. The highest BCUT2D eigenvalue weighted by molar-refractivity contribution is 7.89. The molecule has 0 spiro atoms. The minimum Gasteiger partial charge on any atom is -0.363 e. The zero-order valence-corrected chi connectivity index (χ0v) is 18.2. The number of fused-ring (bicyclic) bond motifs is 1. The van der Waals surface area contributed by atoms with Crippen LogP contribution in [-0.2, 0) is 16.6 Å². The predicted octanol–water partition coefficient (Wildman–Crippen LogP) is 2.65. The van der Waals surface area contributed by atoms with Gasteiger partial charge in [0.05, 0.1) is 5.52 Å². The molecule has 2 heterocycles. The lowest BCUT2D eigenvalue weighted by atomic mass is 10.1. The smallest absolute Gasteiger partial charge is 0.240 e. The molecule has 0 aliphatic carbocycles. The normalized spacial score (nSPS) is 11.6. The molecular weight excluding hydrogens is 414 g/mol. The number of nitrogens with one attached hydrogen (secondary N) is 2. The standard InChI is InChI=1S/C21H23N7O2S/c1-13-17(15-10-7-11-16(18(15)24-13)31(22,29)30)19-25-20(21(27-26-19)28(2)3)23-12-14-8-5-4-6-9-14/h4-11,24H,12H2,1-3H3,(H2,22,29,30)(H,23,25,26). The summed E-state index contributed by atoms with van der Waals surface area (Å²) in [5.41, 5.74) is 2.94. The molecule has 2 aromatic carbocycles. The Labute approximate surface area is 180 Å². The molecular formula is C21H23N7O2S. The summed E-state index contributed by atoms with van der Waals surface area (Å²) in [6, 6.07) is 14.9. The van der Waals surface area contributed by atoms with E-state index in [0.29, 0.717) is 40.5 Å². The van der Waals surface area contributed by atoms with Crippen LogP contribution in [0.4, 0.5) is 11.6 Å². The van der Waals surface area contributed by atoms with E-state index in [1.54, 1.807) is 6.07 Å². The van der Waals surface area contributed by atoms with Gasteiger partial charge < -0.3 is 15.2 Å². The van der Waals surface area contributed by atoms with Crippen LogP contribution < -0.4 is 15.4 Å². The first-order valence-electron chi connectivity index (χ1n) is 9.60. The molecule has 0 saturated carbocycles. The highest BCUT2D eigenvalue weighted by Crippen LogP contribution is 2.34. The summed E-state index contributed by atoms with van der Waals surface area (Å²) in [6.45, 7) is 2.41. The Hall–Kier alpha value is -3.50. The number of anilines is 2. The van der Waals surface area contributed by atoms with Crippen LogP contribution in [0.2, 0.25) is 0 Å². The van der Waals surface area contributed by atoms with Crippen molar-refractivity contribution < 1.29 is 8.42 Å². The molecule has 4 rings (SSSR count). The molecule has 9 nitrogen and oxygen atoms in total. The Bertz CT molecular complexity index is 1350. The third-order valence-corrected chi connectivity index (χ3v) is 5.86. The first-order valence-corrected chi connectivity index (χ1v) is 11.1. The van der Waals surface area contributed by atoms with Gasteiger partial charge in [-0.25, -0.2) is 18.5 Å². The molecule has 4 N–H and O–H groups in total. The number of benzene rings is 2. The first kappa shape index (κ1) is 20.8. The fourth-order valence-electron chi connectivity index (χ4n) is 3.47. The van der Waals surface area contributed by atoms with Crippen molar-refractivity contribution in [1.82, 2.24) is 20.2 Å². The van der Waals surface area contributed by atoms with Crippen LogP contribution >= 0.6 is 0 Å². The van der Waals surface area contributed by atoms with Crippen LogP contribution in [0.1, 0.15) is 11.3 Å². The molecule has 0 atom stereocenters. The summed E-state index contributed by atoms with van der Waals surface area (Å²) in [7, 11) is -0.148. The van der Waals surface area contributed by atoms with Crippen LogP contribution in [0.15, 0.2) is 53.4 Å². The number of nitrogens with two attached hydrogens (primary N) is 1. The molecule has 31 heavy (non-hydrogen) atoms. The van der Waals surface area contributed by atoms with Gasteiger partial charge in [0.25, 0.3) is 0 Å². The van der Waals surface area contributed by atoms with Gasteiger partial charge >= 0.3 is 0 Å². The number of primary sulfonamides is 1. The van der Waals surface area contributed by atoms with E-state index in [4.69, 9.17) is 10.1 Å². The number of H-pyrrole nitrogens is 1. The number of hydrogen-bond acceptors (Lipinski definition) is 7. The molecule has 0 fully saturated rings. The lowest BCUT2D eigenvalue weighted by Crippen LogP contribution is -2.16. The number of aromatic amines is 1. The zero-order chi connectivity index (χ0) is 22.2. The number of aromatic nitrogens is 4. The molecule has 0 aliphatic rings. The summed E-state index contributed by atoms with van der Waals surface area (Å²) < 4.78 is 24.0. The number of hydrogen-bond donors (Lipinski definition) is 3. The third-order valence-electron chi connectivity index (χ3n) is 4.91. The Kier molecular flexibility index (Phi) is 5.34. The second-order valence-electron chi connectivity index (χ2n) is 7.39. The van der Waals surface area contributed by atoms with E-state index in [9.17, 15) is 8.42 Å². The zero-order valence-electron chi connectivity index (χ0n) is 17.4. The molecule has 4 aromatic rings. The van der Waals surface area contributed by atoms with Crippen molar-refractivity contribution in [2.24, 2.45) is 5.14 Å². The SMILES string of the molecule is Cc1[nH]c2c(S(N)(=O)=O)cccc2c1-c1nnc(N(C)C)c(NCc2ccccc2)n1. The van der Waals surface area contributed by atoms with Crippen molar-refractivity contribution in [2.75, 3.05) is 24.3 Å². The second-order valence-corrected chi connectivity index (χ2v) is 8.92. The van der Waals surface area contributed by atoms with Crippen LogP contribution in [0, 0.1) is 6.92 Å². The lowest BCUT2D eigenvalue weighted by molar-refractivity contribution is 0.598. The topological polar surface area (TPSA) is 130 Å². The van der Waals surface area contributed by atoms with Crippen LogP contribution in [-0.4, -0.2) is 42.7 Å². The van der Waals surface area contributed by atoms with E-state index < -0.39 is 10.0 Å². The van der Waals surface area contributed by atoms with Crippen molar-refractivity contribution in [1.29, 1.82) is 0 Å². The van der Waals surface area contributed by atoms with Crippen molar-refractivity contribution in [3.8, 4) is 11.4 Å². The summed E-state index contributed by atoms with van der Waals surface area (Å²) in [5.74, 6) is 1.56. The largest absolute Gasteiger partial charge is 0.363 e. The van der Waals surface area contributed by atoms with Crippen molar-refractivity contribution in [3.05, 3.63) is 59.8 Å². The molecule has 160 valence electrons. The molecule has 0 unspecified atom stereocenters. The summed E-state index contributed by atoms with van der Waals surface area (Å²) in [5, 5.41) is 18.1. The van der Waals surface area contributed by atoms with Gasteiger partial charge in [0.1, 0.15) is 4.90 Å². The number of rotatable bonds is 6. The van der Waals surface area contributed by atoms with Crippen molar-refractivity contribution >= 4 is 32.6 Å². The average Bonchev–Trinajstić information content (AvgIpc) is 3.07. The van der Waals surface area contributed by atoms with Gasteiger partial charge in [-0.3, -0.25) is 0 Å². The average molecular weight is 438 g/mol. The molecule has 0 aliphatic heterocycles. The van der Waals surface area contributed by atoms with Gasteiger partial charge in [-0.15, -0.1) is 10.2 Å². The van der Waals surface area contributed by atoms with E-state index in [0.717, 1.165) is 11.3 Å². The van der Waals surface area contributed by atoms with Gasteiger partial charge in [-0.2, -0.15) is 0 Å².